The Hall–Kier alpha value is -2.13. The van der Waals surface area contributed by atoms with Gasteiger partial charge < -0.3 is 10.3 Å². The third kappa shape index (κ3) is 2.21. The van der Waals surface area contributed by atoms with Gasteiger partial charge in [0.2, 0.25) is 0 Å². The van der Waals surface area contributed by atoms with Crippen LogP contribution in [0.5, 0.6) is 0 Å². The Balaban J connectivity index is 2.12. The zero-order valence-electron chi connectivity index (χ0n) is 11.4. The quantitative estimate of drug-likeness (QED) is 0.773. The highest BCUT2D eigenvalue weighted by atomic mass is 19.1. The molecule has 2 aromatic carbocycles. The molecule has 0 fully saturated rings. The molecule has 1 heterocycles. The van der Waals surface area contributed by atoms with Crippen molar-refractivity contribution in [3.05, 3.63) is 71.2 Å². The number of nitrogens with zero attached hydrogens (tertiary/aromatic N) is 1. The van der Waals surface area contributed by atoms with E-state index in [9.17, 15) is 4.39 Å². The highest BCUT2D eigenvalue weighted by molar-refractivity contribution is 5.81. The zero-order valence-corrected chi connectivity index (χ0v) is 11.4. The summed E-state index contributed by atoms with van der Waals surface area (Å²) >= 11 is 0. The maximum Gasteiger partial charge on any atom is 0.123 e. The number of benzene rings is 2. The second-order valence-corrected chi connectivity index (χ2v) is 5.06. The summed E-state index contributed by atoms with van der Waals surface area (Å²) in [7, 11) is 0. The van der Waals surface area contributed by atoms with Gasteiger partial charge in [0.25, 0.3) is 0 Å². The van der Waals surface area contributed by atoms with E-state index in [-0.39, 0.29) is 5.82 Å². The molecule has 3 rings (SSSR count). The number of halogens is 1. The maximum absolute atomic E-state index is 13.4. The predicted octanol–water partition coefficient (Wildman–Crippen LogP) is 3.60. The molecule has 3 aromatic rings. The molecule has 0 saturated carbocycles. The highest BCUT2D eigenvalue weighted by Crippen LogP contribution is 2.22. The lowest BCUT2D eigenvalue weighted by atomic mass is 10.1. The Morgan fingerprint density at radius 3 is 2.70 bits per heavy atom. The smallest absolute Gasteiger partial charge is 0.123 e. The molecule has 0 aliphatic rings. The summed E-state index contributed by atoms with van der Waals surface area (Å²) in [5.41, 5.74) is 10.1. The Kier molecular flexibility index (Phi) is 3.28. The third-order valence-corrected chi connectivity index (χ3v) is 3.75. The number of hydrogen-bond acceptors (Lipinski definition) is 1. The molecule has 1 aromatic heterocycles. The van der Waals surface area contributed by atoms with Gasteiger partial charge in [-0.2, -0.15) is 0 Å². The second kappa shape index (κ2) is 5.10. The van der Waals surface area contributed by atoms with Crippen molar-refractivity contribution in [2.45, 2.75) is 20.0 Å². The first-order valence-corrected chi connectivity index (χ1v) is 6.71. The summed E-state index contributed by atoms with van der Waals surface area (Å²) in [6.07, 6.45) is 0. The van der Waals surface area contributed by atoms with Gasteiger partial charge in [-0.1, -0.05) is 24.3 Å². The minimum atomic E-state index is -0.198. The van der Waals surface area contributed by atoms with Gasteiger partial charge in [-0.25, -0.2) is 4.39 Å². The number of hydrogen-bond donors (Lipinski definition) is 1. The lowest BCUT2D eigenvalue weighted by molar-refractivity contribution is 0.622. The molecule has 0 radical (unpaired) electrons. The van der Waals surface area contributed by atoms with Crippen LogP contribution < -0.4 is 5.73 Å². The van der Waals surface area contributed by atoms with Crippen LogP contribution in [0.4, 0.5) is 4.39 Å². The summed E-state index contributed by atoms with van der Waals surface area (Å²) in [4.78, 5) is 0. The van der Waals surface area contributed by atoms with Crippen LogP contribution in [0, 0.1) is 12.7 Å². The van der Waals surface area contributed by atoms with E-state index < -0.39 is 0 Å². The van der Waals surface area contributed by atoms with Gasteiger partial charge in [-0.15, -0.1) is 0 Å². The molecule has 0 aliphatic heterocycles. The molecule has 0 bridgehead atoms. The first-order chi connectivity index (χ1) is 9.69. The Bertz CT molecular complexity index is 759. The van der Waals surface area contributed by atoms with Gasteiger partial charge in [0.1, 0.15) is 5.82 Å². The summed E-state index contributed by atoms with van der Waals surface area (Å²) in [5, 5.41) is 1.17. The molecule has 0 spiro atoms. The predicted molar refractivity (Wildman–Crippen MR) is 80.1 cm³/mol. The third-order valence-electron chi connectivity index (χ3n) is 3.75. The molecule has 102 valence electrons. The number of fused-ring (bicyclic) bond motifs is 1. The number of rotatable bonds is 3. The molecule has 20 heavy (non-hydrogen) atoms. The van der Waals surface area contributed by atoms with Crippen LogP contribution in [-0.4, -0.2) is 4.57 Å². The largest absolute Gasteiger partial charge is 0.339 e. The van der Waals surface area contributed by atoms with Crippen molar-refractivity contribution in [3.8, 4) is 0 Å². The highest BCUT2D eigenvalue weighted by Gasteiger charge is 2.09. The topological polar surface area (TPSA) is 30.9 Å². The lowest BCUT2D eigenvalue weighted by Gasteiger charge is -2.12. The Labute approximate surface area is 117 Å². The van der Waals surface area contributed by atoms with Crippen molar-refractivity contribution in [2.75, 3.05) is 0 Å². The molecule has 3 heteroatoms. The van der Waals surface area contributed by atoms with Gasteiger partial charge in [-0.3, -0.25) is 0 Å². The van der Waals surface area contributed by atoms with Gasteiger partial charge in [0.15, 0.2) is 0 Å². The van der Waals surface area contributed by atoms with E-state index in [1.54, 1.807) is 6.07 Å². The van der Waals surface area contributed by atoms with Crippen LogP contribution in [0.15, 0.2) is 48.5 Å². The van der Waals surface area contributed by atoms with Crippen LogP contribution in [0.1, 0.15) is 16.8 Å². The minimum absolute atomic E-state index is 0.198. The zero-order chi connectivity index (χ0) is 14.1. The number of para-hydroxylation sites is 1. The normalized spacial score (nSPS) is 11.2. The van der Waals surface area contributed by atoms with Gasteiger partial charge in [0.05, 0.1) is 0 Å². The van der Waals surface area contributed by atoms with Crippen LogP contribution in [0.3, 0.4) is 0 Å². The van der Waals surface area contributed by atoms with Crippen molar-refractivity contribution in [1.29, 1.82) is 0 Å². The lowest BCUT2D eigenvalue weighted by Crippen LogP contribution is -2.09. The van der Waals surface area contributed by atoms with Gasteiger partial charge in [0, 0.05) is 24.3 Å². The number of aryl methyl sites for hydroxylation is 1. The minimum Gasteiger partial charge on any atom is -0.339 e. The van der Waals surface area contributed by atoms with Crippen LogP contribution >= 0.6 is 0 Å². The molecule has 0 saturated heterocycles. The number of nitrogens with two attached hydrogens (primary N) is 1. The van der Waals surface area contributed by atoms with Crippen LogP contribution in [-0.2, 0) is 13.1 Å². The maximum atomic E-state index is 13.4. The second-order valence-electron chi connectivity index (χ2n) is 5.06. The van der Waals surface area contributed by atoms with Gasteiger partial charge >= 0.3 is 0 Å². The van der Waals surface area contributed by atoms with E-state index in [2.05, 4.69) is 22.8 Å². The molecule has 0 aliphatic carbocycles. The summed E-state index contributed by atoms with van der Waals surface area (Å²) in [6, 6.07) is 15.2. The van der Waals surface area contributed by atoms with Crippen LogP contribution in [0.25, 0.3) is 10.9 Å². The van der Waals surface area contributed by atoms with Crippen molar-refractivity contribution >= 4 is 10.9 Å². The average molecular weight is 268 g/mol. The van der Waals surface area contributed by atoms with E-state index in [4.69, 9.17) is 5.73 Å². The fourth-order valence-electron chi connectivity index (χ4n) is 2.60. The van der Waals surface area contributed by atoms with E-state index in [0.717, 1.165) is 22.3 Å². The monoisotopic (exact) mass is 268 g/mol. The standard InChI is InChI=1S/C17H17FN2/c1-12-6-7-15(18)8-14(12)11-20-16(10-19)9-13-4-2-3-5-17(13)20/h2-9H,10-11,19H2,1H3. The molecule has 0 unspecified atom stereocenters. The fourth-order valence-corrected chi connectivity index (χ4v) is 2.60. The number of aromatic nitrogens is 1. The molecular weight excluding hydrogens is 251 g/mol. The summed E-state index contributed by atoms with van der Waals surface area (Å²) < 4.78 is 15.6. The van der Waals surface area contributed by atoms with Crippen molar-refractivity contribution < 1.29 is 4.39 Å². The first-order valence-electron chi connectivity index (χ1n) is 6.71. The average Bonchev–Trinajstić information content (AvgIpc) is 2.81. The van der Waals surface area contributed by atoms with Crippen molar-refractivity contribution in [2.24, 2.45) is 5.73 Å². The van der Waals surface area contributed by atoms with E-state index in [1.165, 1.54) is 11.5 Å². The van der Waals surface area contributed by atoms with Crippen molar-refractivity contribution in [3.63, 3.8) is 0 Å². The SMILES string of the molecule is Cc1ccc(F)cc1Cn1c(CN)cc2ccccc21. The molecule has 2 N–H and O–H groups in total. The van der Waals surface area contributed by atoms with Crippen molar-refractivity contribution in [1.82, 2.24) is 4.57 Å². The van der Waals surface area contributed by atoms with E-state index in [0.29, 0.717) is 13.1 Å². The molecule has 2 nitrogen and oxygen atoms in total. The first kappa shape index (κ1) is 12.9. The molecular formula is C17H17FN2. The van der Waals surface area contributed by atoms with E-state index >= 15 is 0 Å². The Morgan fingerprint density at radius 2 is 1.90 bits per heavy atom. The van der Waals surface area contributed by atoms with E-state index in [1.807, 2.05) is 25.1 Å². The molecule has 0 amide bonds. The Morgan fingerprint density at radius 1 is 1.10 bits per heavy atom. The molecule has 0 atom stereocenters. The summed E-state index contributed by atoms with van der Waals surface area (Å²) in [6.45, 7) is 3.12. The van der Waals surface area contributed by atoms with Gasteiger partial charge in [-0.05, 0) is 47.7 Å². The van der Waals surface area contributed by atoms with Crippen LogP contribution in [0.2, 0.25) is 0 Å². The summed E-state index contributed by atoms with van der Waals surface area (Å²) in [5.74, 6) is -0.198. The fraction of sp³-hybridized carbons (Fsp3) is 0.176.